The molecule has 0 amide bonds. The average Bonchev–Trinajstić information content (AvgIpc) is 2.85. The second-order valence-corrected chi connectivity index (χ2v) is 6.90. The first kappa shape index (κ1) is 13.9. The summed E-state index contributed by atoms with van der Waals surface area (Å²) in [5.74, 6) is 0.238. The van der Waals surface area contributed by atoms with Crippen LogP contribution in [0.5, 0.6) is 0 Å². The number of nitrogens with one attached hydrogen (secondary N) is 2. The zero-order chi connectivity index (χ0) is 15.0. The Balaban J connectivity index is 2.07. The van der Waals surface area contributed by atoms with Crippen molar-refractivity contribution in [3.8, 4) is 0 Å². The third kappa shape index (κ3) is 2.59. The fourth-order valence-electron chi connectivity index (χ4n) is 1.98. The Labute approximate surface area is 129 Å². The molecule has 108 valence electrons. The highest BCUT2D eigenvalue weighted by Crippen LogP contribution is 2.27. The summed E-state index contributed by atoms with van der Waals surface area (Å²) in [6, 6.07) is 8.43. The minimum Gasteiger partial charge on any atom is -0.399 e. The highest BCUT2D eigenvalue weighted by Gasteiger charge is 2.20. The van der Waals surface area contributed by atoms with E-state index in [-0.39, 0.29) is 10.7 Å². The smallest absolute Gasteiger partial charge is 0.265 e. The zero-order valence-corrected chi connectivity index (χ0v) is 13.1. The molecule has 4 N–H and O–H groups in total. The van der Waals surface area contributed by atoms with E-state index in [0.717, 1.165) is 0 Å². The molecule has 2 aromatic heterocycles. The molecular weight excluding hydrogens is 356 g/mol. The zero-order valence-electron chi connectivity index (χ0n) is 10.7. The molecule has 0 saturated carbocycles. The lowest BCUT2D eigenvalue weighted by molar-refractivity contribution is 0.602. The highest BCUT2D eigenvalue weighted by atomic mass is 79.9. The number of fused-ring (bicyclic) bond motifs is 1. The van der Waals surface area contributed by atoms with Crippen molar-refractivity contribution < 1.29 is 8.42 Å². The molecule has 2 heterocycles. The lowest BCUT2D eigenvalue weighted by atomic mass is 10.2. The van der Waals surface area contributed by atoms with Gasteiger partial charge in [-0.1, -0.05) is 0 Å². The number of anilines is 2. The Kier molecular flexibility index (Phi) is 3.34. The summed E-state index contributed by atoms with van der Waals surface area (Å²) in [6.07, 6.45) is 2.95. The molecule has 0 saturated heterocycles. The Morgan fingerprint density at radius 2 is 2.10 bits per heavy atom. The van der Waals surface area contributed by atoms with E-state index < -0.39 is 10.0 Å². The van der Waals surface area contributed by atoms with E-state index in [0.29, 0.717) is 21.1 Å². The molecule has 6 nitrogen and oxygen atoms in total. The van der Waals surface area contributed by atoms with Crippen LogP contribution in [0.25, 0.3) is 10.9 Å². The lowest BCUT2D eigenvalue weighted by Gasteiger charge is -2.07. The van der Waals surface area contributed by atoms with Crippen LogP contribution < -0.4 is 10.5 Å². The number of H-pyrrole nitrogens is 1. The second kappa shape index (κ2) is 5.05. The third-order valence-electron chi connectivity index (χ3n) is 2.95. The molecule has 3 aromatic rings. The number of rotatable bonds is 3. The van der Waals surface area contributed by atoms with Crippen LogP contribution in [0.4, 0.5) is 11.5 Å². The first-order valence-electron chi connectivity index (χ1n) is 5.97. The Bertz CT molecular complexity index is 921. The van der Waals surface area contributed by atoms with E-state index in [1.54, 1.807) is 30.3 Å². The molecule has 0 aliphatic rings. The van der Waals surface area contributed by atoms with Gasteiger partial charge in [0, 0.05) is 29.0 Å². The van der Waals surface area contributed by atoms with Crippen molar-refractivity contribution in [2.75, 3.05) is 10.5 Å². The highest BCUT2D eigenvalue weighted by molar-refractivity contribution is 9.10. The fraction of sp³-hybridized carbons (Fsp3) is 0. The van der Waals surface area contributed by atoms with Gasteiger partial charge in [-0.05, 0) is 46.3 Å². The molecule has 0 aliphatic heterocycles. The molecule has 0 aliphatic carbocycles. The number of aromatic amines is 1. The lowest BCUT2D eigenvalue weighted by Crippen LogP contribution is -2.13. The largest absolute Gasteiger partial charge is 0.399 e. The normalized spacial score (nSPS) is 11.7. The Morgan fingerprint density at radius 1 is 1.29 bits per heavy atom. The molecular formula is C13H11BrN4O2S. The number of hydrogen-bond donors (Lipinski definition) is 3. The number of nitrogens with two attached hydrogens (primary N) is 1. The standard InChI is InChI=1S/C13H11BrN4O2S/c14-10-2-1-5-16-13(10)18-21(19,20)12-7-17-11-6-8(15)3-4-9(11)12/h1-7,17H,15H2,(H,16,18). The summed E-state index contributed by atoms with van der Waals surface area (Å²) < 4.78 is 28.0. The minimum absolute atomic E-state index is 0.148. The van der Waals surface area contributed by atoms with E-state index >= 15 is 0 Å². The summed E-state index contributed by atoms with van der Waals surface area (Å²) in [7, 11) is -3.75. The number of aromatic nitrogens is 2. The molecule has 8 heteroatoms. The van der Waals surface area contributed by atoms with Crippen molar-refractivity contribution in [3.05, 3.63) is 47.2 Å². The molecule has 0 unspecified atom stereocenters. The molecule has 0 bridgehead atoms. The minimum atomic E-state index is -3.75. The van der Waals surface area contributed by atoms with E-state index in [1.165, 1.54) is 12.4 Å². The third-order valence-corrected chi connectivity index (χ3v) is 4.97. The topological polar surface area (TPSA) is 101 Å². The van der Waals surface area contributed by atoms with E-state index in [4.69, 9.17) is 5.73 Å². The molecule has 0 atom stereocenters. The Hall–Kier alpha value is -2.06. The van der Waals surface area contributed by atoms with Crippen LogP contribution in [-0.4, -0.2) is 18.4 Å². The van der Waals surface area contributed by atoms with Gasteiger partial charge in [-0.3, -0.25) is 4.72 Å². The number of halogens is 1. The average molecular weight is 367 g/mol. The fourth-order valence-corrected chi connectivity index (χ4v) is 3.68. The van der Waals surface area contributed by atoms with Crippen LogP contribution >= 0.6 is 15.9 Å². The van der Waals surface area contributed by atoms with Gasteiger partial charge in [-0.25, -0.2) is 13.4 Å². The van der Waals surface area contributed by atoms with Crippen molar-refractivity contribution in [2.45, 2.75) is 4.90 Å². The maximum Gasteiger partial charge on any atom is 0.265 e. The van der Waals surface area contributed by atoms with Crippen LogP contribution in [0, 0.1) is 0 Å². The number of hydrogen-bond acceptors (Lipinski definition) is 4. The van der Waals surface area contributed by atoms with Crippen LogP contribution in [0.2, 0.25) is 0 Å². The van der Waals surface area contributed by atoms with Crippen molar-refractivity contribution in [1.82, 2.24) is 9.97 Å². The predicted octanol–water partition coefficient (Wildman–Crippen LogP) is 2.71. The molecule has 21 heavy (non-hydrogen) atoms. The quantitative estimate of drug-likeness (QED) is 0.620. The van der Waals surface area contributed by atoms with Gasteiger partial charge in [0.15, 0.2) is 5.82 Å². The summed E-state index contributed by atoms with van der Waals surface area (Å²) >= 11 is 3.26. The van der Waals surface area contributed by atoms with Gasteiger partial charge in [0.05, 0.1) is 4.47 Å². The van der Waals surface area contributed by atoms with Crippen LogP contribution in [0.1, 0.15) is 0 Å². The molecule has 1 aromatic carbocycles. The van der Waals surface area contributed by atoms with Gasteiger partial charge in [0.25, 0.3) is 10.0 Å². The van der Waals surface area contributed by atoms with Gasteiger partial charge in [0.2, 0.25) is 0 Å². The SMILES string of the molecule is Nc1ccc2c(S(=O)(=O)Nc3ncccc3Br)c[nH]c2c1. The van der Waals surface area contributed by atoms with Gasteiger partial charge in [-0.15, -0.1) is 0 Å². The monoisotopic (exact) mass is 366 g/mol. The van der Waals surface area contributed by atoms with Gasteiger partial charge in [-0.2, -0.15) is 0 Å². The number of benzene rings is 1. The summed E-state index contributed by atoms with van der Waals surface area (Å²) in [5, 5.41) is 0.573. The summed E-state index contributed by atoms with van der Waals surface area (Å²) in [5.41, 5.74) is 6.91. The van der Waals surface area contributed by atoms with Crippen molar-refractivity contribution in [2.24, 2.45) is 0 Å². The van der Waals surface area contributed by atoms with Crippen LogP contribution in [0.3, 0.4) is 0 Å². The van der Waals surface area contributed by atoms with Gasteiger partial charge in [0.1, 0.15) is 4.90 Å². The van der Waals surface area contributed by atoms with Crippen molar-refractivity contribution >= 4 is 48.4 Å². The van der Waals surface area contributed by atoms with Crippen LogP contribution in [0.15, 0.2) is 52.1 Å². The maximum atomic E-state index is 12.5. The van der Waals surface area contributed by atoms with Gasteiger partial charge >= 0.3 is 0 Å². The molecule has 0 fully saturated rings. The first-order chi connectivity index (χ1) is 9.97. The van der Waals surface area contributed by atoms with Crippen LogP contribution in [-0.2, 0) is 10.0 Å². The maximum absolute atomic E-state index is 12.5. The number of pyridine rings is 1. The molecule has 0 radical (unpaired) electrons. The first-order valence-corrected chi connectivity index (χ1v) is 8.25. The van der Waals surface area contributed by atoms with Crippen molar-refractivity contribution in [3.63, 3.8) is 0 Å². The number of nitrogens with zero attached hydrogens (tertiary/aromatic N) is 1. The summed E-state index contributed by atoms with van der Waals surface area (Å²) in [6.45, 7) is 0. The van der Waals surface area contributed by atoms with E-state index in [9.17, 15) is 8.42 Å². The number of sulfonamides is 1. The predicted molar refractivity (Wildman–Crippen MR) is 85.5 cm³/mol. The van der Waals surface area contributed by atoms with E-state index in [2.05, 4.69) is 30.6 Å². The Morgan fingerprint density at radius 3 is 2.86 bits per heavy atom. The van der Waals surface area contributed by atoms with Gasteiger partial charge < -0.3 is 10.7 Å². The molecule has 0 spiro atoms. The second-order valence-electron chi connectivity index (χ2n) is 4.40. The van der Waals surface area contributed by atoms with E-state index in [1.807, 2.05) is 0 Å². The number of nitrogen functional groups attached to an aromatic ring is 1. The molecule has 3 rings (SSSR count). The summed E-state index contributed by atoms with van der Waals surface area (Å²) in [4.78, 5) is 7.05. The van der Waals surface area contributed by atoms with Crippen molar-refractivity contribution in [1.29, 1.82) is 0 Å².